The number of nitrogens with one attached hydrogen (secondary N) is 1. The van der Waals surface area contributed by atoms with E-state index < -0.39 is 6.09 Å². The van der Waals surface area contributed by atoms with Gasteiger partial charge in [0.1, 0.15) is 23.2 Å². The standard InChI is InChI=1S/C38H39N9O4/c1-51-32-14-26(37(48)46-21-25-8-9-30(46)34(25)43-38(49)50)12-28-35(32)47(20-23-10-11-44(18-23)33-17-40-16-27(15-39)41-33)36(42-28)31-13-24-4-2-3-5-29(24)45(31)19-22-6-7-22/h2-5,12-14,16-17,22-23,25,30,34,43H,6-11,18-21H2,1H3,(H,49,50)/t23?,25?,30?,34-/m1/s1. The molecule has 4 atom stereocenters. The van der Waals surface area contributed by atoms with Gasteiger partial charge in [0.2, 0.25) is 0 Å². The number of para-hydroxylation sites is 1. The summed E-state index contributed by atoms with van der Waals surface area (Å²) in [4.78, 5) is 43.7. The molecule has 51 heavy (non-hydrogen) atoms. The molecule has 5 aromatic rings. The molecule has 9 rings (SSSR count). The van der Waals surface area contributed by atoms with Crippen molar-refractivity contribution in [2.75, 3.05) is 31.6 Å². The van der Waals surface area contributed by atoms with Crippen molar-refractivity contribution in [3.8, 4) is 23.3 Å². The molecular weight excluding hydrogens is 646 g/mol. The molecule has 2 aromatic carbocycles. The third-order valence-corrected chi connectivity index (χ3v) is 11.4. The molecule has 2 bridgehead atoms. The topological polar surface area (TPSA) is 154 Å². The van der Waals surface area contributed by atoms with Gasteiger partial charge >= 0.3 is 6.09 Å². The van der Waals surface area contributed by atoms with Crippen LogP contribution in [0, 0.1) is 29.1 Å². The highest BCUT2D eigenvalue weighted by atomic mass is 16.5. The van der Waals surface area contributed by atoms with Crippen molar-refractivity contribution in [3.63, 3.8) is 0 Å². The molecule has 0 spiro atoms. The van der Waals surface area contributed by atoms with E-state index in [1.54, 1.807) is 13.3 Å². The monoisotopic (exact) mass is 685 g/mol. The molecule has 260 valence electrons. The van der Waals surface area contributed by atoms with Gasteiger partial charge in [0.05, 0.1) is 42.8 Å². The molecule has 2 aliphatic carbocycles. The van der Waals surface area contributed by atoms with E-state index in [0.29, 0.717) is 47.3 Å². The number of methoxy groups -OCH3 is 1. The number of carboxylic acid groups (broad SMARTS) is 1. The third-order valence-electron chi connectivity index (χ3n) is 11.4. The zero-order valence-electron chi connectivity index (χ0n) is 28.4. The molecule has 4 aliphatic rings. The molecule has 2 saturated heterocycles. The van der Waals surface area contributed by atoms with E-state index in [2.05, 4.69) is 65.7 Å². The van der Waals surface area contributed by atoms with E-state index in [9.17, 15) is 20.0 Å². The van der Waals surface area contributed by atoms with Gasteiger partial charge in [0.15, 0.2) is 11.5 Å². The van der Waals surface area contributed by atoms with Gasteiger partial charge < -0.3 is 34.1 Å². The summed E-state index contributed by atoms with van der Waals surface area (Å²) in [5, 5.41) is 22.7. The SMILES string of the molecule is COc1cc(C(=O)N2CC3CCC2[C@@H]3NC(=O)O)cc2nc(-c3cc4ccccc4n3CC3CC3)n(CC3CCN(c4cncc(C#N)n4)C3)c12. The second kappa shape index (κ2) is 12.3. The van der Waals surface area contributed by atoms with Crippen LogP contribution in [0.3, 0.4) is 0 Å². The van der Waals surface area contributed by atoms with Crippen LogP contribution in [0.1, 0.15) is 48.2 Å². The van der Waals surface area contributed by atoms with Gasteiger partial charge in [-0.3, -0.25) is 9.78 Å². The molecule has 5 heterocycles. The lowest BCUT2D eigenvalue weighted by atomic mass is 10.1. The summed E-state index contributed by atoms with van der Waals surface area (Å²) in [6.45, 7) is 3.65. The van der Waals surface area contributed by atoms with Crippen LogP contribution in [0.5, 0.6) is 5.75 Å². The van der Waals surface area contributed by atoms with E-state index in [4.69, 9.17) is 9.72 Å². The number of hydrogen-bond donors (Lipinski definition) is 2. The van der Waals surface area contributed by atoms with Gasteiger partial charge in [-0.15, -0.1) is 0 Å². The average Bonchev–Trinajstić information content (AvgIpc) is 3.48. The lowest BCUT2D eigenvalue weighted by Crippen LogP contribution is -2.45. The number of nitriles is 1. The van der Waals surface area contributed by atoms with Crippen molar-refractivity contribution >= 4 is 39.8 Å². The van der Waals surface area contributed by atoms with Crippen LogP contribution in [-0.4, -0.2) is 84.9 Å². The summed E-state index contributed by atoms with van der Waals surface area (Å²) in [5.74, 6) is 2.98. The number of amides is 2. The number of piperidine rings is 1. The number of likely N-dealkylation sites (tertiary alicyclic amines) is 1. The summed E-state index contributed by atoms with van der Waals surface area (Å²) in [6.07, 6.45) is 7.17. The normalized spacial score (nSPS) is 22.6. The molecule has 13 nitrogen and oxygen atoms in total. The van der Waals surface area contributed by atoms with Gasteiger partial charge in [0, 0.05) is 49.2 Å². The first-order valence-corrected chi connectivity index (χ1v) is 17.8. The van der Waals surface area contributed by atoms with E-state index in [-0.39, 0.29) is 29.8 Å². The fourth-order valence-electron chi connectivity index (χ4n) is 8.80. The summed E-state index contributed by atoms with van der Waals surface area (Å²) in [5.41, 5.74) is 4.52. The number of rotatable bonds is 9. The number of benzene rings is 2. The van der Waals surface area contributed by atoms with E-state index in [0.717, 1.165) is 61.3 Å². The van der Waals surface area contributed by atoms with Crippen molar-refractivity contribution in [2.45, 2.75) is 57.3 Å². The van der Waals surface area contributed by atoms with Crippen molar-refractivity contribution in [3.05, 3.63) is 66.1 Å². The Morgan fingerprint density at radius 2 is 1.84 bits per heavy atom. The fourth-order valence-corrected chi connectivity index (χ4v) is 8.80. The Balaban J connectivity index is 1.13. The van der Waals surface area contributed by atoms with Crippen molar-refractivity contribution < 1.29 is 19.4 Å². The average molecular weight is 686 g/mol. The lowest BCUT2D eigenvalue weighted by molar-refractivity contribution is 0.0697. The minimum Gasteiger partial charge on any atom is -0.494 e. The first kappa shape index (κ1) is 31.3. The minimum absolute atomic E-state index is 0.110. The van der Waals surface area contributed by atoms with Crippen molar-refractivity contribution in [2.24, 2.45) is 17.8 Å². The highest BCUT2D eigenvalue weighted by Crippen LogP contribution is 2.42. The number of imidazole rings is 1. The highest BCUT2D eigenvalue weighted by Gasteiger charge is 2.49. The van der Waals surface area contributed by atoms with Gasteiger partial charge in [-0.25, -0.2) is 14.8 Å². The maximum absolute atomic E-state index is 14.2. The highest BCUT2D eigenvalue weighted by molar-refractivity contribution is 6.00. The smallest absolute Gasteiger partial charge is 0.404 e. The molecular formula is C38H39N9O4. The third kappa shape index (κ3) is 5.49. The number of aromatic nitrogens is 5. The molecule has 2 saturated carbocycles. The lowest BCUT2D eigenvalue weighted by Gasteiger charge is -2.27. The Labute approximate surface area is 294 Å². The first-order chi connectivity index (χ1) is 24.9. The summed E-state index contributed by atoms with van der Waals surface area (Å²) < 4.78 is 10.7. The molecule has 13 heteroatoms. The van der Waals surface area contributed by atoms with Gasteiger partial charge in [-0.05, 0) is 74.1 Å². The first-order valence-electron chi connectivity index (χ1n) is 17.8. The summed E-state index contributed by atoms with van der Waals surface area (Å²) >= 11 is 0. The number of carbonyl (C=O) groups is 2. The Morgan fingerprint density at radius 3 is 2.65 bits per heavy atom. The van der Waals surface area contributed by atoms with Crippen LogP contribution in [0.2, 0.25) is 0 Å². The zero-order chi connectivity index (χ0) is 34.8. The number of nitrogens with zero attached hydrogens (tertiary/aromatic N) is 8. The van der Waals surface area contributed by atoms with E-state index >= 15 is 0 Å². The quantitative estimate of drug-likeness (QED) is 0.215. The van der Waals surface area contributed by atoms with Crippen LogP contribution < -0.4 is 15.0 Å². The van der Waals surface area contributed by atoms with Gasteiger partial charge in [-0.1, -0.05) is 18.2 Å². The number of carbonyl (C=O) groups excluding carboxylic acids is 1. The molecule has 0 radical (unpaired) electrons. The predicted octanol–water partition coefficient (Wildman–Crippen LogP) is 5.14. The van der Waals surface area contributed by atoms with Crippen LogP contribution in [0.15, 0.2) is 54.9 Å². The van der Waals surface area contributed by atoms with Crippen LogP contribution in [-0.2, 0) is 13.1 Å². The van der Waals surface area contributed by atoms with E-state index in [1.807, 2.05) is 17.0 Å². The van der Waals surface area contributed by atoms with Crippen molar-refractivity contribution in [1.29, 1.82) is 5.26 Å². The maximum atomic E-state index is 14.2. The molecule has 3 unspecified atom stereocenters. The summed E-state index contributed by atoms with van der Waals surface area (Å²) in [7, 11) is 1.63. The van der Waals surface area contributed by atoms with Crippen LogP contribution in [0.25, 0.3) is 33.5 Å². The Hall–Kier alpha value is -5.64. The van der Waals surface area contributed by atoms with Crippen molar-refractivity contribution in [1.82, 2.24) is 34.3 Å². The molecule has 2 N–H and O–H groups in total. The fraction of sp³-hybridized carbons (Fsp3) is 0.421. The largest absolute Gasteiger partial charge is 0.494 e. The summed E-state index contributed by atoms with van der Waals surface area (Å²) in [6, 6.07) is 16.1. The second-order valence-electron chi connectivity index (χ2n) is 14.5. The van der Waals surface area contributed by atoms with Gasteiger partial charge in [0.25, 0.3) is 5.91 Å². The molecule has 2 amide bonds. The van der Waals surface area contributed by atoms with Crippen LogP contribution >= 0.6 is 0 Å². The molecule has 3 aromatic heterocycles. The maximum Gasteiger partial charge on any atom is 0.404 e. The minimum atomic E-state index is -1.06. The predicted molar refractivity (Wildman–Crippen MR) is 190 cm³/mol. The van der Waals surface area contributed by atoms with Gasteiger partial charge in [-0.2, -0.15) is 5.26 Å². The number of ether oxygens (including phenoxy) is 1. The Bertz CT molecular complexity index is 2230. The molecule has 2 aliphatic heterocycles. The zero-order valence-corrected chi connectivity index (χ0v) is 28.4. The van der Waals surface area contributed by atoms with Crippen LogP contribution in [0.4, 0.5) is 10.6 Å². The molecule has 4 fully saturated rings. The Kier molecular flexibility index (Phi) is 7.56. The number of anilines is 1. The second-order valence-corrected chi connectivity index (χ2v) is 14.5. The van der Waals surface area contributed by atoms with E-state index in [1.165, 1.54) is 24.6 Å². The number of fused-ring (bicyclic) bond motifs is 4. The Morgan fingerprint density at radius 1 is 1.00 bits per heavy atom. The number of hydrogen-bond acceptors (Lipinski definition) is 8.